The maximum absolute atomic E-state index is 13.0. The van der Waals surface area contributed by atoms with Gasteiger partial charge in [0.05, 0.1) is 29.2 Å². The number of nitrogens with zero attached hydrogens (tertiary/aromatic N) is 2. The van der Waals surface area contributed by atoms with Crippen molar-refractivity contribution in [1.29, 1.82) is 0 Å². The van der Waals surface area contributed by atoms with Gasteiger partial charge in [-0.2, -0.15) is 13.2 Å². The first-order valence-electron chi connectivity index (χ1n) is 11.7. The normalized spacial score (nSPS) is 18.8. The Balaban J connectivity index is 1.62. The molecule has 0 radical (unpaired) electrons. The van der Waals surface area contributed by atoms with E-state index < -0.39 is 21.8 Å². The number of amidine groups is 1. The Kier molecular flexibility index (Phi) is 7.21. The van der Waals surface area contributed by atoms with E-state index in [4.69, 9.17) is 4.99 Å². The Labute approximate surface area is 209 Å². The van der Waals surface area contributed by atoms with E-state index in [-0.39, 0.29) is 12.0 Å². The number of halogens is 3. The van der Waals surface area contributed by atoms with Crippen LogP contribution in [0.25, 0.3) is 0 Å². The van der Waals surface area contributed by atoms with Crippen LogP contribution in [0.2, 0.25) is 0 Å². The maximum atomic E-state index is 13.0. The zero-order chi connectivity index (χ0) is 26.1. The number of anilines is 3. The van der Waals surface area contributed by atoms with Gasteiger partial charge in [-0.05, 0) is 54.8 Å². The van der Waals surface area contributed by atoms with Gasteiger partial charge in [-0.3, -0.25) is 9.71 Å². The highest BCUT2D eigenvalue weighted by molar-refractivity contribution is 7.92. The number of sulfonamides is 1. The molecule has 36 heavy (non-hydrogen) atoms. The van der Waals surface area contributed by atoms with E-state index >= 15 is 0 Å². The lowest BCUT2D eigenvalue weighted by atomic mass is 9.99. The van der Waals surface area contributed by atoms with Gasteiger partial charge < -0.3 is 15.5 Å². The van der Waals surface area contributed by atoms with Crippen molar-refractivity contribution in [3.63, 3.8) is 0 Å². The van der Waals surface area contributed by atoms with Gasteiger partial charge in [0.1, 0.15) is 11.7 Å². The van der Waals surface area contributed by atoms with E-state index in [1.165, 1.54) is 12.1 Å². The topological polar surface area (TPSA) is 85.8 Å². The molecule has 7 nitrogen and oxygen atoms in total. The summed E-state index contributed by atoms with van der Waals surface area (Å²) in [5, 5.41) is 6.63. The number of hydrogen-bond acceptors (Lipinski definition) is 6. The first-order valence-corrected chi connectivity index (χ1v) is 13.6. The van der Waals surface area contributed by atoms with Gasteiger partial charge in [0.2, 0.25) is 10.0 Å². The van der Waals surface area contributed by atoms with Crippen molar-refractivity contribution in [2.24, 2.45) is 10.9 Å². The fraction of sp³-hybridized carbons (Fsp3) is 0.400. The molecule has 1 unspecified atom stereocenters. The molecule has 11 heteroatoms. The second kappa shape index (κ2) is 10.0. The number of alkyl halides is 3. The quantitative estimate of drug-likeness (QED) is 0.497. The summed E-state index contributed by atoms with van der Waals surface area (Å²) in [5.74, 6) is 1.68. The molecule has 1 saturated heterocycles. The molecule has 0 spiro atoms. The molecule has 1 fully saturated rings. The highest BCUT2D eigenvalue weighted by atomic mass is 32.2. The summed E-state index contributed by atoms with van der Waals surface area (Å²) in [5.41, 5.74) is 2.20. The lowest BCUT2D eigenvalue weighted by Gasteiger charge is -2.29. The SMILES string of the molecule is CC(C)C1=NC2CCN(c3ccccc3NS(C)(=O)=O)CCC2=C(Nc2ccc(C(F)(F)F)cc2)N1. The van der Waals surface area contributed by atoms with E-state index in [0.29, 0.717) is 37.3 Å². The molecule has 0 aromatic heterocycles. The summed E-state index contributed by atoms with van der Waals surface area (Å²) in [6.45, 7) is 5.35. The molecule has 1 atom stereocenters. The largest absolute Gasteiger partial charge is 0.416 e. The monoisotopic (exact) mass is 521 g/mol. The maximum Gasteiger partial charge on any atom is 0.416 e. The van der Waals surface area contributed by atoms with Crippen molar-refractivity contribution in [2.45, 2.75) is 38.9 Å². The number of para-hydroxylation sites is 2. The van der Waals surface area contributed by atoms with Gasteiger partial charge in [-0.1, -0.05) is 26.0 Å². The molecular weight excluding hydrogens is 491 g/mol. The first kappa shape index (κ1) is 25.9. The Bertz CT molecular complexity index is 1270. The predicted molar refractivity (Wildman–Crippen MR) is 138 cm³/mol. The summed E-state index contributed by atoms with van der Waals surface area (Å²) in [6, 6.07) is 12.1. The zero-order valence-corrected chi connectivity index (χ0v) is 21.2. The third kappa shape index (κ3) is 6.13. The number of hydrogen-bond donors (Lipinski definition) is 3. The van der Waals surface area contributed by atoms with Gasteiger partial charge in [0, 0.05) is 24.7 Å². The van der Waals surface area contributed by atoms with Crippen LogP contribution in [0.5, 0.6) is 0 Å². The molecule has 0 amide bonds. The van der Waals surface area contributed by atoms with Crippen molar-refractivity contribution >= 4 is 32.9 Å². The van der Waals surface area contributed by atoms with Crippen LogP contribution in [0.3, 0.4) is 0 Å². The van der Waals surface area contributed by atoms with Gasteiger partial charge in [-0.15, -0.1) is 0 Å². The molecule has 194 valence electrons. The number of fused-ring (bicyclic) bond motifs is 1. The number of rotatable bonds is 6. The van der Waals surface area contributed by atoms with E-state index in [9.17, 15) is 21.6 Å². The molecule has 0 bridgehead atoms. The van der Waals surface area contributed by atoms with E-state index in [0.717, 1.165) is 41.3 Å². The fourth-order valence-corrected chi connectivity index (χ4v) is 4.97. The Morgan fingerprint density at radius 3 is 2.42 bits per heavy atom. The van der Waals surface area contributed by atoms with Gasteiger partial charge in [0.15, 0.2) is 0 Å². The first-order chi connectivity index (χ1) is 16.9. The average Bonchev–Trinajstić information content (AvgIpc) is 3.01. The van der Waals surface area contributed by atoms with Gasteiger partial charge >= 0.3 is 6.18 Å². The summed E-state index contributed by atoms with van der Waals surface area (Å²) in [4.78, 5) is 7.07. The van der Waals surface area contributed by atoms with Crippen molar-refractivity contribution in [3.8, 4) is 0 Å². The smallest absolute Gasteiger partial charge is 0.369 e. The molecule has 2 aliphatic rings. The minimum Gasteiger partial charge on any atom is -0.369 e. The van der Waals surface area contributed by atoms with Crippen LogP contribution in [0.1, 0.15) is 32.3 Å². The van der Waals surface area contributed by atoms with E-state index in [1.807, 2.05) is 26.0 Å². The second-order valence-corrected chi connectivity index (χ2v) is 11.1. The standard InChI is InChI=1S/C25H30F3N5O2S/c1-16(2)23-30-20-13-15-33(22-7-5-4-6-21(22)32-36(3,34)35)14-12-19(20)24(31-23)29-18-10-8-17(9-11-18)25(26,27)28/h4-11,16,20,29,32H,12-15H2,1-3H3,(H,30,31). The minimum atomic E-state index is -4.39. The summed E-state index contributed by atoms with van der Waals surface area (Å²) >= 11 is 0. The molecule has 4 rings (SSSR count). The van der Waals surface area contributed by atoms with E-state index in [1.54, 1.807) is 12.1 Å². The van der Waals surface area contributed by atoms with Crippen molar-refractivity contribution in [2.75, 3.05) is 34.3 Å². The molecule has 2 aromatic rings. The zero-order valence-electron chi connectivity index (χ0n) is 20.4. The van der Waals surface area contributed by atoms with Gasteiger partial charge in [-0.25, -0.2) is 8.42 Å². The Morgan fingerprint density at radius 1 is 1.08 bits per heavy atom. The van der Waals surface area contributed by atoms with Crippen LogP contribution in [-0.4, -0.2) is 39.6 Å². The van der Waals surface area contributed by atoms with Crippen LogP contribution in [0.4, 0.5) is 30.2 Å². The molecule has 0 saturated carbocycles. The van der Waals surface area contributed by atoms with Crippen LogP contribution >= 0.6 is 0 Å². The highest BCUT2D eigenvalue weighted by Crippen LogP contribution is 2.34. The van der Waals surface area contributed by atoms with E-state index in [2.05, 4.69) is 20.3 Å². The number of nitrogens with one attached hydrogen (secondary N) is 3. The molecule has 2 heterocycles. The van der Waals surface area contributed by atoms with Gasteiger partial charge in [0.25, 0.3) is 0 Å². The molecule has 3 N–H and O–H groups in total. The fourth-order valence-electron chi connectivity index (χ4n) is 4.40. The Hall–Kier alpha value is -3.21. The molecule has 2 aliphatic heterocycles. The molecule has 0 aliphatic carbocycles. The van der Waals surface area contributed by atoms with Crippen molar-refractivity contribution in [1.82, 2.24) is 5.32 Å². The summed E-state index contributed by atoms with van der Waals surface area (Å²) in [7, 11) is -3.44. The number of benzene rings is 2. The second-order valence-electron chi connectivity index (χ2n) is 9.33. The van der Waals surface area contributed by atoms with Crippen LogP contribution in [0, 0.1) is 5.92 Å². The molecular formula is C25H30F3N5O2S. The third-order valence-electron chi connectivity index (χ3n) is 6.16. The lowest BCUT2D eigenvalue weighted by molar-refractivity contribution is -0.137. The third-order valence-corrected chi connectivity index (χ3v) is 6.75. The van der Waals surface area contributed by atoms with Crippen LogP contribution in [-0.2, 0) is 16.2 Å². The minimum absolute atomic E-state index is 0.0966. The molecule has 2 aromatic carbocycles. The Morgan fingerprint density at radius 2 is 1.78 bits per heavy atom. The summed E-state index contributed by atoms with van der Waals surface area (Å²) in [6.07, 6.45) is -1.92. The highest BCUT2D eigenvalue weighted by Gasteiger charge is 2.31. The average molecular weight is 522 g/mol. The predicted octanol–water partition coefficient (Wildman–Crippen LogP) is 5.03. The lowest BCUT2D eigenvalue weighted by Crippen LogP contribution is -2.38. The number of aliphatic imine (C=N–C) groups is 1. The van der Waals surface area contributed by atoms with Crippen LogP contribution in [0.15, 0.2) is 64.9 Å². The van der Waals surface area contributed by atoms with Crippen LogP contribution < -0.4 is 20.3 Å². The summed E-state index contributed by atoms with van der Waals surface area (Å²) < 4.78 is 65.3. The van der Waals surface area contributed by atoms with Crippen molar-refractivity contribution < 1.29 is 21.6 Å². The van der Waals surface area contributed by atoms with Crippen molar-refractivity contribution in [3.05, 3.63) is 65.5 Å².